The van der Waals surface area contributed by atoms with E-state index in [4.69, 9.17) is 0 Å². The first kappa shape index (κ1) is 16.6. The Morgan fingerprint density at radius 1 is 0.704 bits per heavy atom. The van der Waals surface area contributed by atoms with Crippen LogP contribution in [0.2, 0.25) is 0 Å². The van der Waals surface area contributed by atoms with Gasteiger partial charge in [-0.25, -0.2) is 0 Å². The lowest BCUT2D eigenvalue weighted by Crippen LogP contribution is -2.45. The van der Waals surface area contributed by atoms with Crippen molar-refractivity contribution in [1.82, 2.24) is 0 Å². The summed E-state index contributed by atoms with van der Waals surface area (Å²) >= 11 is 0. The van der Waals surface area contributed by atoms with Crippen LogP contribution in [0.3, 0.4) is 0 Å². The maximum Gasteiger partial charge on any atom is 0.0276 e. The molecule has 134 valence electrons. The summed E-state index contributed by atoms with van der Waals surface area (Å²) in [5.41, 5.74) is 4.49. The van der Waals surface area contributed by atoms with Crippen molar-refractivity contribution >= 4 is 0 Å². The molecule has 0 bridgehead atoms. The van der Waals surface area contributed by atoms with Crippen LogP contribution < -0.4 is 0 Å². The molecule has 0 fully saturated rings. The fourth-order valence-corrected chi connectivity index (χ4v) is 5.81. The Bertz CT molecular complexity index is 864. The van der Waals surface area contributed by atoms with E-state index < -0.39 is 0 Å². The largest absolute Gasteiger partial charge is 0.0882 e. The zero-order valence-corrected chi connectivity index (χ0v) is 15.7. The second-order valence-electron chi connectivity index (χ2n) is 8.06. The van der Waals surface area contributed by atoms with E-state index in [-0.39, 0.29) is 5.41 Å². The van der Waals surface area contributed by atoms with Crippen molar-refractivity contribution in [2.75, 3.05) is 0 Å². The molecule has 2 unspecified atom stereocenters. The van der Waals surface area contributed by atoms with Crippen molar-refractivity contribution in [1.29, 1.82) is 0 Å². The summed E-state index contributed by atoms with van der Waals surface area (Å²) in [5.74, 6) is 1.68. The van der Waals surface area contributed by atoms with Crippen LogP contribution in [0, 0.1) is 17.8 Å². The topological polar surface area (TPSA) is 0 Å². The molecule has 0 spiro atoms. The Balaban J connectivity index is 1.74. The summed E-state index contributed by atoms with van der Waals surface area (Å²) in [4.78, 5) is 0. The van der Waals surface area contributed by atoms with Gasteiger partial charge < -0.3 is 0 Å². The van der Waals surface area contributed by atoms with Crippen molar-refractivity contribution in [2.24, 2.45) is 17.8 Å². The molecule has 0 heteroatoms. The molecule has 0 aliphatic heterocycles. The third-order valence-electron chi connectivity index (χ3n) is 6.88. The van der Waals surface area contributed by atoms with Gasteiger partial charge in [-0.15, -0.1) is 0 Å². The molecule has 0 saturated heterocycles. The van der Waals surface area contributed by atoms with Gasteiger partial charge in [-0.2, -0.15) is 0 Å². The fourth-order valence-electron chi connectivity index (χ4n) is 5.81. The first-order valence-corrected chi connectivity index (χ1v) is 10.2. The maximum atomic E-state index is 2.48. The molecule has 0 nitrogen and oxygen atoms in total. The van der Waals surface area contributed by atoms with Gasteiger partial charge in [-0.3, -0.25) is 0 Å². The highest BCUT2D eigenvalue weighted by atomic mass is 14.5. The zero-order chi connectivity index (χ0) is 18.1. The number of hydrogen-bond acceptors (Lipinski definition) is 0. The Morgan fingerprint density at radius 3 is 1.96 bits per heavy atom. The average Bonchev–Trinajstić information content (AvgIpc) is 3.42. The van der Waals surface area contributed by atoms with Gasteiger partial charge in [-0.1, -0.05) is 103 Å². The van der Waals surface area contributed by atoms with Crippen LogP contribution in [0.25, 0.3) is 0 Å². The van der Waals surface area contributed by atoms with E-state index in [2.05, 4.69) is 103 Å². The van der Waals surface area contributed by atoms with Crippen LogP contribution in [-0.2, 0) is 5.41 Å². The van der Waals surface area contributed by atoms with Gasteiger partial charge in [0, 0.05) is 11.3 Å². The molecule has 3 aliphatic rings. The van der Waals surface area contributed by atoms with Crippen LogP contribution in [0.5, 0.6) is 0 Å². The summed E-state index contributed by atoms with van der Waals surface area (Å²) in [5, 5.41) is 0. The van der Waals surface area contributed by atoms with Gasteiger partial charge in [0.1, 0.15) is 0 Å². The minimum atomic E-state index is 0.0322. The summed E-state index contributed by atoms with van der Waals surface area (Å²) in [6.45, 7) is 0. The van der Waals surface area contributed by atoms with E-state index in [1.54, 1.807) is 0 Å². The van der Waals surface area contributed by atoms with Crippen LogP contribution in [-0.4, -0.2) is 0 Å². The number of hydrogen-bond donors (Lipinski definition) is 0. The molecule has 0 N–H and O–H groups in total. The van der Waals surface area contributed by atoms with Crippen LogP contribution in [0.15, 0.2) is 109 Å². The SMILES string of the molecule is C1=CC2=CCC(C(c3ccccc3)(c3ccccc3)C3CC=CC3)C2C=C1. The predicted molar refractivity (Wildman–Crippen MR) is 113 cm³/mol. The molecule has 0 saturated carbocycles. The molecular weight excluding hydrogens is 324 g/mol. The lowest BCUT2D eigenvalue weighted by molar-refractivity contribution is 0.201. The predicted octanol–water partition coefficient (Wildman–Crippen LogP) is 6.63. The Labute approximate surface area is 162 Å². The van der Waals surface area contributed by atoms with E-state index in [9.17, 15) is 0 Å². The zero-order valence-electron chi connectivity index (χ0n) is 15.7. The minimum Gasteiger partial charge on any atom is -0.0882 e. The highest BCUT2D eigenvalue weighted by Crippen LogP contribution is 2.57. The lowest BCUT2D eigenvalue weighted by atomic mass is 9.55. The average molecular weight is 351 g/mol. The number of allylic oxidation sites excluding steroid dienone is 8. The van der Waals surface area contributed by atoms with Crippen LogP contribution in [0.4, 0.5) is 0 Å². The van der Waals surface area contributed by atoms with Crippen LogP contribution in [0.1, 0.15) is 30.4 Å². The maximum absolute atomic E-state index is 2.48. The van der Waals surface area contributed by atoms with E-state index in [0.29, 0.717) is 17.8 Å². The Kier molecular flexibility index (Phi) is 4.20. The Hall–Kier alpha value is -2.60. The molecule has 0 amide bonds. The minimum absolute atomic E-state index is 0.0322. The fraction of sp³-hybridized carbons (Fsp3) is 0.259. The van der Waals surface area contributed by atoms with Gasteiger partial charge >= 0.3 is 0 Å². The van der Waals surface area contributed by atoms with E-state index in [1.165, 1.54) is 29.5 Å². The van der Waals surface area contributed by atoms with Gasteiger partial charge in [0.05, 0.1) is 0 Å². The van der Waals surface area contributed by atoms with Crippen molar-refractivity contribution in [3.05, 3.63) is 120 Å². The van der Waals surface area contributed by atoms with Gasteiger partial charge in [-0.05, 0) is 47.8 Å². The second kappa shape index (κ2) is 6.85. The summed E-state index contributed by atoms with van der Waals surface area (Å²) in [6, 6.07) is 22.6. The van der Waals surface area contributed by atoms with Crippen molar-refractivity contribution in [3.8, 4) is 0 Å². The van der Waals surface area contributed by atoms with E-state index >= 15 is 0 Å². The van der Waals surface area contributed by atoms with Crippen LogP contribution >= 0.6 is 0 Å². The van der Waals surface area contributed by atoms with Gasteiger partial charge in [0.15, 0.2) is 0 Å². The third-order valence-corrected chi connectivity index (χ3v) is 6.88. The highest BCUT2D eigenvalue weighted by molar-refractivity contribution is 5.48. The molecule has 5 rings (SSSR count). The second-order valence-corrected chi connectivity index (χ2v) is 8.06. The van der Waals surface area contributed by atoms with Crippen molar-refractivity contribution < 1.29 is 0 Å². The smallest absolute Gasteiger partial charge is 0.0276 e. The number of benzene rings is 2. The molecule has 3 aliphatic carbocycles. The molecular formula is C27H26. The summed E-state index contributed by atoms with van der Waals surface area (Å²) in [6.07, 6.45) is 19.9. The van der Waals surface area contributed by atoms with E-state index in [1.807, 2.05) is 0 Å². The quantitative estimate of drug-likeness (QED) is 0.543. The molecule has 0 aromatic heterocycles. The van der Waals surface area contributed by atoms with Gasteiger partial charge in [0.2, 0.25) is 0 Å². The molecule has 27 heavy (non-hydrogen) atoms. The monoisotopic (exact) mass is 350 g/mol. The molecule has 2 aromatic rings. The first-order chi connectivity index (χ1) is 13.4. The third kappa shape index (κ3) is 2.58. The summed E-state index contributed by atoms with van der Waals surface area (Å²) in [7, 11) is 0. The highest BCUT2D eigenvalue weighted by Gasteiger charge is 2.51. The summed E-state index contributed by atoms with van der Waals surface area (Å²) < 4.78 is 0. The molecule has 0 heterocycles. The Morgan fingerprint density at radius 2 is 1.33 bits per heavy atom. The lowest BCUT2D eigenvalue weighted by Gasteiger charge is -2.48. The molecule has 0 radical (unpaired) electrons. The molecule has 2 aromatic carbocycles. The molecule has 2 atom stereocenters. The van der Waals surface area contributed by atoms with Crippen molar-refractivity contribution in [2.45, 2.75) is 24.7 Å². The number of fused-ring (bicyclic) bond motifs is 1. The first-order valence-electron chi connectivity index (χ1n) is 10.2. The standard InChI is InChI=1S/C27H26/c1-3-12-22(13-4-1)27(24-16-8-9-17-24,23-14-5-2-6-15-23)26-20-19-21-11-7-10-18-25(21)26/h1-15,18-19,24-26H,16-17,20H2. The normalized spacial score (nSPS) is 24.2. The van der Waals surface area contributed by atoms with E-state index in [0.717, 1.165) is 6.42 Å². The number of rotatable bonds is 4. The van der Waals surface area contributed by atoms with Crippen molar-refractivity contribution in [3.63, 3.8) is 0 Å². The van der Waals surface area contributed by atoms with Gasteiger partial charge in [0.25, 0.3) is 0 Å².